The molecule has 0 heterocycles. The predicted octanol–water partition coefficient (Wildman–Crippen LogP) is 3.12. The number of anilines is 1. The molecular weight excluding hydrogens is 357 g/mol. The van der Waals surface area contributed by atoms with Crippen LogP contribution in [0.1, 0.15) is 28.8 Å². The van der Waals surface area contributed by atoms with Crippen LogP contribution in [0.5, 0.6) is 0 Å². The minimum Gasteiger partial charge on any atom is -0.348 e. The van der Waals surface area contributed by atoms with Gasteiger partial charge in [-0.1, -0.05) is 12.1 Å². The summed E-state index contributed by atoms with van der Waals surface area (Å²) in [5.74, 6) is -0.585. The van der Waals surface area contributed by atoms with Crippen molar-refractivity contribution in [2.75, 3.05) is 18.9 Å². The fraction of sp³-hybridized carbons (Fsp3) is 0.263. The van der Waals surface area contributed by atoms with E-state index in [1.165, 1.54) is 12.1 Å². The summed E-state index contributed by atoms with van der Waals surface area (Å²) in [6, 6.07) is 12.7. The fourth-order valence-electron chi connectivity index (χ4n) is 2.24. The van der Waals surface area contributed by atoms with E-state index in [0.29, 0.717) is 24.2 Å². The second-order valence-corrected chi connectivity index (χ2v) is 5.64. The molecule has 2 amide bonds. The highest BCUT2D eigenvalue weighted by Crippen LogP contribution is 2.11. The average molecular weight is 380 g/mol. The van der Waals surface area contributed by atoms with Gasteiger partial charge < -0.3 is 16.0 Å². The highest BCUT2D eigenvalue weighted by Gasteiger charge is 2.07. The molecule has 2 rings (SSSR count). The normalized spacial score (nSPS) is 9.92. The smallest absolute Gasteiger partial charge is 0.251 e. The zero-order valence-corrected chi connectivity index (χ0v) is 15.4. The third-order valence-corrected chi connectivity index (χ3v) is 3.63. The van der Waals surface area contributed by atoms with Crippen molar-refractivity contribution in [1.82, 2.24) is 10.6 Å². The highest BCUT2D eigenvalue weighted by molar-refractivity contribution is 5.95. The molecule has 7 heteroatoms. The minimum atomic E-state index is -0.307. The number of hydrogen-bond acceptors (Lipinski definition) is 3. The molecule has 0 aromatic heterocycles. The standard InChI is InChI=1S/C19H22FN3O2.ClH/c1-21-12-2-3-18(24)23-17-10-6-15(7-11-17)19(25)22-13-14-4-8-16(20)9-5-14;/h4-11,21H,2-3,12-13H2,1H3,(H,22,25)(H,23,24);1H. The number of halogens is 2. The monoisotopic (exact) mass is 379 g/mol. The van der Waals surface area contributed by atoms with Crippen LogP contribution in [0, 0.1) is 5.82 Å². The maximum atomic E-state index is 12.8. The Bertz CT molecular complexity index is 706. The van der Waals surface area contributed by atoms with Gasteiger partial charge in [0.2, 0.25) is 5.91 Å². The summed E-state index contributed by atoms with van der Waals surface area (Å²) < 4.78 is 12.8. The van der Waals surface area contributed by atoms with Crippen LogP contribution >= 0.6 is 12.4 Å². The molecule has 0 atom stereocenters. The van der Waals surface area contributed by atoms with Crippen LogP contribution < -0.4 is 16.0 Å². The van der Waals surface area contributed by atoms with Crippen LogP contribution in [-0.2, 0) is 11.3 Å². The van der Waals surface area contributed by atoms with Gasteiger partial charge in [-0.25, -0.2) is 4.39 Å². The zero-order valence-electron chi connectivity index (χ0n) is 14.5. The van der Waals surface area contributed by atoms with Crippen molar-refractivity contribution in [3.63, 3.8) is 0 Å². The zero-order chi connectivity index (χ0) is 18.1. The Balaban J connectivity index is 0.00000338. The molecule has 0 saturated heterocycles. The van der Waals surface area contributed by atoms with Crippen LogP contribution in [0.15, 0.2) is 48.5 Å². The number of amides is 2. The van der Waals surface area contributed by atoms with E-state index >= 15 is 0 Å². The van der Waals surface area contributed by atoms with E-state index in [0.717, 1.165) is 18.5 Å². The Labute approximate surface area is 158 Å². The van der Waals surface area contributed by atoms with Crippen molar-refractivity contribution in [2.24, 2.45) is 0 Å². The van der Waals surface area contributed by atoms with Gasteiger partial charge in [-0.15, -0.1) is 12.4 Å². The number of rotatable bonds is 8. The first-order valence-electron chi connectivity index (χ1n) is 8.15. The van der Waals surface area contributed by atoms with E-state index in [1.807, 2.05) is 7.05 Å². The largest absolute Gasteiger partial charge is 0.348 e. The van der Waals surface area contributed by atoms with Crippen LogP contribution in [0.3, 0.4) is 0 Å². The lowest BCUT2D eigenvalue weighted by atomic mass is 10.1. The van der Waals surface area contributed by atoms with Gasteiger partial charge in [-0.3, -0.25) is 9.59 Å². The third kappa shape index (κ3) is 7.21. The summed E-state index contributed by atoms with van der Waals surface area (Å²) >= 11 is 0. The van der Waals surface area contributed by atoms with Gasteiger partial charge in [-0.2, -0.15) is 0 Å². The summed E-state index contributed by atoms with van der Waals surface area (Å²) in [6.45, 7) is 1.11. The minimum absolute atomic E-state index is 0. The molecule has 0 aliphatic heterocycles. The van der Waals surface area contributed by atoms with Crippen LogP contribution in [0.2, 0.25) is 0 Å². The molecule has 0 aliphatic carbocycles. The summed E-state index contributed by atoms with van der Waals surface area (Å²) in [5.41, 5.74) is 1.97. The molecule has 0 spiro atoms. The van der Waals surface area contributed by atoms with Crippen molar-refractivity contribution in [3.05, 3.63) is 65.5 Å². The van der Waals surface area contributed by atoms with Gasteiger partial charge in [0.15, 0.2) is 0 Å². The Morgan fingerprint density at radius 1 is 1.00 bits per heavy atom. The lowest BCUT2D eigenvalue weighted by Gasteiger charge is -2.08. The number of nitrogens with one attached hydrogen (secondary N) is 3. The summed E-state index contributed by atoms with van der Waals surface area (Å²) in [7, 11) is 1.84. The molecule has 140 valence electrons. The molecule has 0 bridgehead atoms. The van der Waals surface area contributed by atoms with Crippen molar-refractivity contribution in [1.29, 1.82) is 0 Å². The quantitative estimate of drug-likeness (QED) is 0.617. The SMILES string of the molecule is CNCCCC(=O)Nc1ccc(C(=O)NCc2ccc(F)cc2)cc1.Cl. The Morgan fingerprint density at radius 2 is 1.65 bits per heavy atom. The van der Waals surface area contributed by atoms with E-state index in [2.05, 4.69) is 16.0 Å². The first-order valence-corrected chi connectivity index (χ1v) is 8.15. The van der Waals surface area contributed by atoms with E-state index in [-0.39, 0.29) is 30.0 Å². The maximum absolute atomic E-state index is 12.8. The molecule has 0 fully saturated rings. The van der Waals surface area contributed by atoms with Gasteiger partial charge in [0.05, 0.1) is 0 Å². The first kappa shape index (κ1) is 21.6. The van der Waals surface area contributed by atoms with Gasteiger partial charge in [0.1, 0.15) is 5.82 Å². The lowest BCUT2D eigenvalue weighted by Crippen LogP contribution is -2.22. The number of carbonyl (C=O) groups is 2. The molecule has 0 aliphatic rings. The number of carbonyl (C=O) groups excluding carboxylic acids is 2. The van der Waals surface area contributed by atoms with Crippen LogP contribution in [0.4, 0.5) is 10.1 Å². The summed E-state index contributed by atoms with van der Waals surface area (Å²) in [6.07, 6.45) is 1.22. The van der Waals surface area contributed by atoms with Gasteiger partial charge >= 0.3 is 0 Å². The average Bonchev–Trinajstić information content (AvgIpc) is 2.62. The molecule has 2 aromatic rings. The topological polar surface area (TPSA) is 70.2 Å². The van der Waals surface area contributed by atoms with Crippen LogP contribution in [0.25, 0.3) is 0 Å². The second-order valence-electron chi connectivity index (χ2n) is 5.64. The summed E-state index contributed by atoms with van der Waals surface area (Å²) in [5, 5.41) is 8.56. The molecule has 26 heavy (non-hydrogen) atoms. The van der Waals surface area contributed by atoms with E-state index in [4.69, 9.17) is 0 Å². The second kappa shape index (κ2) is 11.2. The lowest BCUT2D eigenvalue weighted by molar-refractivity contribution is -0.116. The highest BCUT2D eigenvalue weighted by atomic mass is 35.5. The maximum Gasteiger partial charge on any atom is 0.251 e. The van der Waals surface area contributed by atoms with Gasteiger partial charge in [-0.05, 0) is 62.0 Å². The molecule has 0 saturated carbocycles. The van der Waals surface area contributed by atoms with E-state index < -0.39 is 0 Å². The molecule has 2 aromatic carbocycles. The number of benzene rings is 2. The molecule has 0 radical (unpaired) electrons. The molecular formula is C19H23ClFN3O2. The fourth-order valence-corrected chi connectivity index (χ4v) is 2.24. The predicted molar refractivity (Wildman–Crippen MR) is 103 cm³/mol. The van der Waals surface area contributed by atoms with E-state index in [1.54, 1.807) is 36.4 Å². The Hall–Kier alpha value is -2.44. The molecule has 5 nitrogen and oxygen atoms in total. The Kier molecular flexibility index (Phi) is 9.33. The van der Waals surface area contributed by atoms with Crippen molar-refractivity contribution < 1.29 is 14.0 Å². The van der Waals surface area contributed by atoms with E-state index in [9.17, 15) is 14.0 Å². The first-order chi connectivity index (χ1) is 12.1. The van der Waals surface area contributed by atoms with Crippen molar-refractivity contribution >= 4 is 29.9 Å². The molecule has 0 unspecified atom stereocenters. The van der Waals surface area contributed by atoms with Gasteiger partial charge in [0, 0.05) is 24.2 Å². The van der Waals surface area contributed by atoms with Crippen molar-refractivity contribution in [3.8, 4) is 0 Å². The van der Waals surface area contributed by atoms with Gasteiger partial charge in [0.25, 0.3) is 5.91 Å². The molecule has 3 N–H and O–H groups in total. The number of hydrogen-bond donors (Lipinski definition) is 3. The third-order valence-electron chi connectivity index (χ3n) is 3.63. The Morgan fingerprint density at radius 3 is 2.27 bits per heavy atom. The van der Waals surface area contributed by atoms with Crippen LogP contribution in [-0.4, -0.2) is 25.4 Å². The van der Waals surface area contributed by atoms with Crippen molar-refractivity contribution in [2.45, 2.75) is 19.4 Å². The summed E-state index contributed by atoms with van der Waals surface area (Å²) in [4.78, 5) is 23.9.